The summed E-state index contributed by atoms with van der Waals surface area (Å²) >= 11 is 0. The molecule has 0 amide bonds. The van der Waals surface area contributed by atoms with Crippen LogP contribution in [0.25, 0.3) is 12.2 Å². The Bertz CT molecular complexity index is 550. The molecule has 0 saturated carbocycles. The number of ether oxygens (including phenoxy) is 1. The zero-order valence-electron chi connectivity index (χ0n) is 11.8. The van der Waals surface area contributed by atoms with Crippen molar-refractivity contribution in [3.8, 4) is 5.75 Å². The van der Waals surface area contributed by atoms with E-state index in [1.807, 2.05) is 12.1 Å². The van der Waals surface area contributed by atoms with Gasteiger partial charge in [0.1, 0.15) is 5.75 Å². The van der Waals surface area contributed by atoms with E-state index in [4.69, 9.17) is 4.74 Å². The lowest BCUT2D eigenvalue weighted by Gasteiger charge is -2.09. The highest BCUT2D eigenvalue weighted by Crippen LogP contribution is 2.21. The second-order valence-electron chi connectivity index (χ2n) is 4.89. The summed E-state index contributed by atoms with van der Waals surface area (Å²) in [6.45, 7) is 4.44. The SMILES string of the molecule is COc1ccc(C=Cc2ccccc2C(C)C)cc1. The van der Waals surface area contributed by atoms with Crippen LogP contribution in [-0.2, 0) is 0 Å². The average Bonchev–Trinajstić information content (AvgIpc) is 2.46. The van der Waals surface area contributed by atoms with Crippen LogP contribution in [0, 0.1) is 0 Å². The highest BCUT2D eigenvalue weighted by Gasteiger charge is 2.02. The average molecular weight is 252 g/mol. The zero-order chi connectivity index (χ0) is 13.7. The minimum atomic E-state index is 0.539. The molecule has 0 heterocycles. The highest BCUT2D eigenvalue weighted by atomic mass is 16.5. The second kappa shape index (κ2) is 6.24. The molecule has 0 fully saturated rings. The Labute approximate surface area is 115 Å². The maximum Gasteiger partial charge on any atom is 0.118 e. The van der Waals surface area contributed by atoms with Crippen LogP contribution < -0.4 is 4.74 Å². The Morgan fingerprint density at radius 1 is 0.895 bits per heavy atom. The number of hydrogen-bond acceptors (Lipinski definition) is 1. The predicted octanol–water partition coefficient (Wildman–Crippen LogP) is 4.99. The fraction of sp³-hybridized carbons (Fsp3) is 0.222. The fourth-order valence-corrected chi connectivity index (χ4v) is 2.09. The molecule has 1 heteroatoms. The van der Waals surface area contributed by atoms with Gasteiger partial charge in [-0.15, -0.1) is 0 Å². The standard InChI is InChI=1S/C18H20O/c1-14(2)18-7-5-4-6-16(18)11-8-15-9-12-17(19-3)13-10-15/h4-14H,1-3H3. The molecular formula is C18H20O. The molecule has 2 aromatic rings. The summed E-state index contributed by atoms with van der Waals surface area (Å²) in [6.07, 6.45) is 4.32. The smallest absolute Gasteiger partial charge is 0.118 e. The van der Waals surface area contributed by atoms with Gasteiger partial charge < -0.3 is 4.74 Å². The monoisotopic (exact) mass is 252 g/mol. The molecular weight excluding hydrogens is 232 g/mol. The summed E-state index contributed by atoms with van der Waals surface area (Å²) in [5.74, 6) is 1.43. The molecule has 0 saturated heterocycles. The molecule has 98 valence electrons. The molecule has 0 aliphatic heterocycles. The Morgan fingerprint density at radius 3 is 2.21 bits per heavy atom. The maximum absolute atomic E-state index is 5.16. The van der Waals surface area contributed by atoms with Crippen molar-refractivity contribution in [2.24, 2.45) is 0 Å². The summed E-state index contributed by atoms with van der Waals surface area (Å²) in [6, 6.07) is 16.6. The van der Waals surface area contributed by atoms with E-state index in [0.717, 1.165) is 5.75 Å². The van der Waals surface area contributed by atoms with Crippen molar-refractivity contribution in [1.82, 2.24) is 0 Å². The molecule has 0 radical (unpaired) electrons. The van der Waals surface area contributed by atoms with E-state index >= 15 is 0 Å². The van der Waals surface area contributed by atoms with Gasteiger partial charge in [-0.2, -0.15) is 0 Å². The summed E-state index contributed by atoms with van der Waals surface area (Å²) in [5.41, 5.74) is 3.85. The van der Waals surface area contributed by atoms with Gasteiger partial charge in [0.15, 0.2) is 0 Å². The van der Waals surface area contributed by atoms with Gasteiger partial charge in [-0.05, 0) is 34.7 Å². The van der Waals surface area contributed by atoms with Gasteiger partial charge >= 0.3 is 0 Å². The van der Waals surface area contributed by atoms with Gasteiger partial charge in [-0.3, -0.25) is 0 Å². The van der Waals surface area contributed by atoms with E-state index in [1.54, 1.807) is 7.11 Å². The van der Waals surface area contributed by atoms with Crippen LogP contribution in [0.1, 0.15) is 36.5 Å². The van der Waals surface area contributed by atoms with Crippen molar-refractivity contribution in [3.05, 3.63) is 65.2 Å². The van der Waals surface area contributed by atoms with Crippen LogP contribution in [0.2, 0.25) is 0 Å². The summed E-state index contributed by atoms with van der Waals surface area (Å²) in [7, 11) is 1.68. The Balaban J connectivity index is 2.22. The van der Waals surface area contributed by atoms with Crippen molar-refractivity contribution < 1.29 is 4.74 Å². The van der Waals surface area contributed by atoms with Gasteiger partial charge in [-0.25, -0.2) is 0 Å². The number of rotatable bonds is 4. The largest absolute Gasteiger partial charge is 0.497 e. The highest BCUT2D eigenvalue weighted by molar-refractivity contribution is 5.71. The van der Waals surface area contributed by atoms with Crippen LogP contribution in [0.3, 0.4) is 0 Å². The maximum atomic E-state index is 5.16. The number of hydrogen-bond donors (Lipinski definition) is 0. The van der Waals surface area contributed by atoms with E-state index in [1.165, 1.54) is 16.7 Å². The van der Waals surface area contributed by atoms with Crippen molar-refractivity contribution >= 4 is 12.2 Å². The van der Waals surface area contributed by atoms with Crippen LogP contribution in [0.15, 0.2) is 48.5 Å². The van der Waals surface area contributed by atoms with Crippen LogP contribution in [0.5, 0.6) is 5.75 Å². The number of methoxy groups -OCH3 is 1. The third-order valence-electron chi connectivity index (χ3n) is 3.19. The molecule has 0 N–H and O–H groups in total. The molecule has 19 heavy (non-hydrogen) atoms. The minimum Gasteiger partial charge on any atom is -0.497 e. The second-order valence-corrected chi connectivity index (χ2v) is 4.89. The third-order valence-corrected chi connectivity index (χ3v) is 3.19. The first kappa shape index (κ1) is 13.4. The molecule has 0 atom stereocenters. The van der Waals surface area contributed by atoms with Crippen molar-refractivity contribution in [3.63, 3.8) is 0 Å². The molecule has 0 aromatic heterocycles. The van der Waals surface area contributed by atoms with Gasteiger partial charge in [0.2, 0.25) is 0 Å². The normalized spacial score (nSPS) is 11.2. The lowest BCUT2D eigenvalue weighted by molar-refractivity contribution is 0.415. The summed E-state index contributed by atoms with van der Waals surface area (Å²) < 4.78 is 5.16. The fourth-order valence-electron chi connectivity index (χ4n) is 2.09. The van der Waals surface area contributed by atoms with Crippen LogP contribution in [-0.4, -0.2) is 7.11 Å². The van der Waals surface area contributed by atoms with Crippen molar-refractivity contribution in [1.29, 1.82) is 0 Å². The first-order valence-corrected chi connectivity index (χ1v) is 6.62. The van der Waals surface area contributed by atoms with Gasteiger partial charge in [0.05, 0.1) is 7.11 Å². The van der Waals surface area contributed by atoms with Gasteiger partial charge in [0, 0.05) is 0 Å². The van der Waals surface area contributed by atoms with Crippen molar-refractivity contribution in [2.75, 3.05) is 7.11 Å². The third kappa shape index (κ3) is 3.47. The van der Waals surface area contributed by atoms with E-state index in [-0.39, 0.29) is 0 Å². The molecule has 0 spiro atoms. The Kier molecular flexibility index (Phi) is 4.40. The molecule has 0 aliphatic rings. The minimum absolute atomic E-state index is 0.539. The topological polar surface area (TPSA) is 9.23 Å². The predicted molar refractivity (Wildman–Crippen MR) is 82.5 cm³/mol. The lowest BCUT2D eigenvalue weighted by Crippen LogP contribution is -1.90. The van der Waals surface area contributed by atoms with E-state index in [0.29, 0.717) is 5.92 Å². The number of benzene rings is 2. The molecule has 2 rings (SSSR count). The first-order chi connectivity index (χ1) is 9.20. The molecule has 0 aliphatic carbocycles. The van der Waals surface area contributed by atoms with E-state index in [9.17, 15) is 0 Å². The van der Waals surface area contributed by atoms with Crippen molar-refractivity contribution in [2.45, 2.75) is 19.8 Å². The first-order valence-electron chi connectivity index (χ1n) is 6.62. The summed E-state index contributed by atoms with van der Waals surface area (Å²) in [4.78, 5) is 0. The van der Waals surface area contributed by atoms with Gasteiger partial charge in [0.25, 0.3) is 0 Å². The summed E-state index contributed by atoms with van der Waals surface area (Å²) in [5, 5.41) is 0. The Hall–Kier alpha value is -2.02. The Morgan fingerprint density at radius 2 is 1.58 bits per heavy atom. The zero-order valence-corrected chi connectivity index (χ0v) is 11.8. The van der Waals surface area contributed by atoms with Crippen LogP contribution in [0.4, 0.5) is 0 Å². The van der Waals surface area contributed by atoms with E-state index < -0.39 is 0 Å². The molecule has 0 bridgehead atoms. The molecule has 0 unspecified atom stereocenters. The van der Waals surface area contributed by atoms with Crippen LogP contribution >= 0.6 is 0 Å². The van der Waals surface area contributed by atoms with E-state index in [2.05, 4.69) is 62.4 Å². The molecule has 1 nitrogen and oxygen atoms in total. The lowest BCUT2D eigenvalue weighted by atomic mass is 9.96. The molecule has 2 aromatic carbocycles. The van der Waals surface area contributed by atoms with Gasteiger partial charge in [-0.1, -0.05) is 62.4 Å². The quantitative estimate of drug-likeness (QED) is 0.697.